The maximum atomic E-state index is 13.5. The first-order chi connectivity index (χ1) is 12.0. The van der Waals surface area contributed by atoms with Crippen molar-refractivity contribution in [1.29, 1.82) is 0 Å². The quantitative estimate of drug-likeness (QED) is 0.585. The van der Waals surface area contributed by atoms with Crippen LogP contribution in [-0.4, -0.2) is 17.7 Å². The van der Waals surface area contributed by atoms with Gasteiger partial charge in [-0.1, -0.05) is 42.5 Å². The minimum atomic E-state index is -0.812. The van der Waals surface area contributed by atoms with E-state index in [1.165, 1.54) is 31.2 Å². The van der Waals surface area contributed by atoms with Crippen LogP contribution in [-0.2, 0) is 9.59 Å². The van der Waals surface area contributed by atoms with E-state index in [0.717, 1.165) is 6.07 Å². The maximum absolute atomic E-state index is 13.5. The second-order valence-electron chi connectivity index (χ2n) is 5.04. The Hall–Kier alpha value is -3.48. The molecule has 3 amide bonds. The summed E-state index contributed by atoms with van der Waals surface area (Å²) in [6.07, 6.45) is 1.45. The van der Waals surface area contributed by atoms with Crippen molar-refractivity contribution in [3.63, 3.8) is 0 Å². The van der Waals surface area contributed by atoms with Gasteiger partial charge < -0.3 is 5.32 Å². The summed E-state index contributed by atoms with van der Waals surface area (Å²) >= 11 is 0. The first-order valence-electron chi connectivity index (χ1n) is 7.37. The van der Waals surface area contributed by atoms with Gasteiger partial charge in [0.15, 0.2) is 0 Å². The molecule has 0 spiro atoms. The molecule has 0 atom stereocenters. The molecule has 0 radical (unpaired) electrons. The number of rotatable bonds is 4. The molecule has 0 saturated heterocycles. The summed E-state index contributed by atoms with van der Waals surface area (Å²) in [7, 11) is 0. The van der Waals surface area contributed by atoms with E-state index in [1.54, 1.807) is 24.3 Å². The fourth-order valence-corrected chi connectivity index (χ4v) is 1.96. The fraction of sp³-hybridized carbons (Fsp3) is 0.0556. The summed E-state index contributed by atoms with van der Waals surface area (Å²) in [6.45, 7) is 1.25. The lowest BCUT2D eigenvalue weighted by Gasteiger charge is -2.11. The molecular formula is C18H16FN3O3. The number of nitrogens with one attached hydrogen (secondary N) is 3. The lowest BCUT2D eigenvalue weighted by Crippen LogP contribution is -2.45. The zero-order valence-corrected chi connectivity index (χ0v) is 13.4. The fourth-order valence-electron chi connectivity index (χ4n) is 1.96. The van der Waals surface area contributed by atoms with Gasteiger partial charge in [-0.3, -0.25) is 25.2 Å². The molecule has 25 heavy (non-hydrogen) atoms. The number of carbonyl (C=O) groups is 3. The van der Waals surface area contributed by atoms with E-state index >= 15 is 0 Å². The van der Waals surface area contributed by atoms with Crippen LogP contribution in [0.1, 0.15) is 22.8 Å². The Morgan fingerprint density at radius 1 is 0.920 bits per heavy atom. The standard InChI is InChI=1S/C18H16FN3O3/c1-12(23)20-16(11-13-7-3-2-4-8-13)18(25)22-21-17(24)14-9-5-6-10-15(14)19/h2-11H,1H3,(H,20,23)(H,21,24)(H,22,25)/b16-11-. The number of hydrazine groups is 1. The van der Waals surface area contributed by atoms with E-state index in [2.05, 4.69) is 16.2 Å². The summed E-state index contributed by atoms with van der Waals surface area (Å²) in [5.41, 5.74) is 4.66. The van der Waals surface area contributed by atoms with E-state index in [0.29, 0.717) is 5.56 Å². The molecule has 0 fully saturated rings. The van der Waals surface area contributed by atoms with Gasteiger partial charge in [0.05, 0.1) is 5.56 Å². The van der Waals surface area contributed by atoms with Crippen LogP contribution in [0.4, 0.5) is 4.39 Å². The van der Waals surface area contributed by atoms with E-state index in [-0.39, 0.29) is 11.3 Å². The smallest absolute Gasteiger partial charge is 0.286 e. The molecule has 0 aromatic heterocycles. The predicted octanol–water partition coefficient (Wildman–Crippen LogP) is 1.76. The average Bonchev–Trinajstić information content (AvgIpc) is 2.59. The van der Waals surface area contributed by atoms with E-state index < -0.39 is 23.5 Å². The van der Waals surface area contributed by atoms with Crippen LogP contribution >= 0.6 is 0 Å². The third kappa shape index (κ3) is 5.28. The first-order valence-corrected chi connectivity index (χ1v) is 7.37. The Balaban J connectivity index is 2.10. The van der Waals surface area contributed by atoms with Crippen LogP contribution < -0.4 is 16.2 Å². The Morgan fingerprint density at radius 2 is 1.56 bits per heavy atom. The zero-order chi connectivity index (χ0) is 18.2. The third-order valence-electron chi connectivity index (χ3n) is 3.07. The molecule has 0 saturated carbocycles. The van der Waals surface area contributed by atoms with Gasteiger partial charge in [-0.15, -0.1) is 0 Å². The van der Waals surface area contributed by atoms with Gasteiger partial charge in [0.25, 0.3) is 11.8 Å². The molecule has 0 aliphatic heterocycles. The number of amides is 3. The van der Waals surface area contributed by atoms with Crippen molar-refractivity contribution in [3.8, 4) is 0 Å². The molecule has 128 valence electrons. The summed E-state index contributed by atoms with van der Waals surface area (Å²) < 4.78 is 13.5. The molecule has 0 unspecified atom stereocenters. The maximum Gasteiger partial charge on any atom is 0.286 e. The molecule has 0 aliphatic carbocycles. The molecule has 2 aromatic rings. The van der Waals surface area contributed by atoms with Crippen LogP contribution in [0.5, 0.6) is 0 Å². The van der Waals surface area contributed by atoms with Crippen LogP contribution in [0.15, 0.2) is 60.3 Å². The molecule has 0 aliphatic rings. The highest BCUT2D eigenvalue weighted by Crippen LogP contribution is 2.06. The van der Waals surface area contributed by atoms with Crippen LogP contribution in [0.2, 0.25) is 0 Å². The van der Waals surface area contributed by atoms with Crippen LogP contribution in [0.3, 0.4) is 0 Å². The number of benzene rings is 2. The first kappa shape index (κ1) is 17.9. The highest BCUT2D eigenvalue weighted by atomic mass is 19.1. The summed E-state index contributed by atoms with van der Waals surface area (Å²) in [5, 5.41) is 2.39. The second kappa shape index (κ2) is 8.39. The van der Waals surface area contributed by atoms with E-state index in [9.17, 15) is 18.8 Å². The van der Waals surface area contributed by atoms with Crippen molar-refractivity contribution in [2.24, 2.45) is 0 Å². The SMILES string of the molecule is CC(=O)N/C(=C\c1ccccc1)C(=O)NNC(=O)c1ccccc1F. The average molecular weight is 341 g/mol. The Morgan fingerprint density at radius 3 is 2.20 bits per heavy atom. The van der Waals surface area contributed by atoms with Gasteiger partial charge >= 0.3 is 0 Å². The third-order valence-corrected chi connectivity index (χ3v) is 3.07. The van der Waals surface area contributed by atoms with Crippen molar-refractivity contribution in [3.05, 3.63) is 77.2 Å². The van der Waals surface area contributed by atoms with Gasteiger partial charge in [0, 0.05) is 6.92 Å². The van der Waals surface area contributed by atoms with E-state index in [1.807, 2.05) is 6.07 Å². The molecular weight excluding hydrogens is 325 g/mol. The largest absolute Gasteiger partial charge is 0.322 e. The lowest BCUT2D eigenvalue weighted by molar-refractivity contribution is -0.122. The Bertz CT molecular complexity index is 819. The van der Waals surface area contributed by atoms with Gasteiger partial charge in [0.2, 0.25) is 5.91 Å². The molecule has 0 bridgehead atoms. The highest BCUT2D eigenvalue weighted by Gasteiger charge is 2.15. The molecule has 2 aromatic carbocycles. The van der Waals surface area contributed by atoms with Crippen LogP contribution in [0.25, 0.3) is 6.08 Å². The van der Waals surface area contributed by atoms with Crippen molar-refractivity contribution in [2.75, 3.05) is 0 Å². The van der Waals surface area contributed by atoms with Gasteiger partial charge in [0.1, 0.15) is 11.5 Å². The predicted molar refractivity (Wildman–Crippen MR) is 90.2 cm³/mol. The summed E-state index contributed by atoms with van der Waals surface area (Å²) in [6, 6.07) is 14.2. The molecule has 2 rings (SSSR count). The second-order valence-corrected chi connectivity index (χ2v) is 5.04. The monoisotopic (exact) mass is 341 g/mol. The molecule has 3 N–H and O–H groups in total. The number of hydrogen-bond acceptors (Lipinski definition) is 3. The minimum absolute atomic E-state index is 0.0625. The van der Waals surface area contributed by atoms with Gasteiger partial charge in [-0.2, -0.15) is 0 Å². The minimum Gasteiger partial charge on any atom is -0.322 e. The number of halogens is 1. The van der Waals surface area contributed by atoms with E-state index in [4.69, 9.17) is 0 Å². The summed E-state index contributed by atoms with van der Waals surface area (Å²) in [5.74, 6) is -2.72. The Kier molecular flexibility index (Phi) is 6.00. The number of hydrogen-bond donors (Lipinski definition) is 3. The Labute approximate surface area is 143 Å². The molecule has 7 heteroatoms. The summed E-state index contributed by atoms with van der Waals surface area (Å²) in [4.78, 5) is 35.4. The lowest BCUT2D eigenvalue weighted by atomic mass is 10.2. The molecule has 6 nitrogen and oxygen atoms in total. The normalized spacial score (nSPS) is 10.7. The van der Waals surface area contributed by atoms with Crippen molar-refractivity contribution in [2.45, 2.75) is 6.92 Å². The van der Waals surface area contributed by atoms with Crippen molar-refractivity contribution < 1.29 is 18.8 Å². The molecule has 0 heterocycles. The van der Waals surface area contributed by atoms with Gasteiger partial charge in [-0.25, -0.2) is 4.39 Å². The zero-order valence-electron chi connectivity index (χ0n) is 13.4. The van der Waals surface area contributed by atoms with Crippen molar-refractivity contribution >= 4 is 23.8 Å². The highest BCUT2D eigenvalue weighted by molar-refractivity contribution is 6.03. The van der Waals surface area contributed by atoms with Gasteiger partial charge in [-0.05, 0) is 23.8 Å². The number of carbonyl (C=O) groups excluding carboxylic acids is 3. The van der Waals surface area contributed by atoms with Crippen LogP contribution in [0, 0.1) is 5.82 Å². The van der Waals surface area contributed by atoms with Crippen molar-refractivity contribution in [1.82, 2.24) is 16.2 Å². The topological polar surface area (TPSA) is 87.3 Å².